The van der Waals surface area contributed by atoms with E-state index in [-0.39, 0.29) is 11.3 Å². The van der Waals surface area contributed by atoms with E-state index >= 15 is 0 Å². The molecule has 1 aliphatic heterocycles. The quantitative estimate of drug-likeness (QED) is 0.896. The maximum absolute atomic E-state index is 12.6. The van der Waals surface area contributed by atoms with Crippen LogP contribution in [-0.2, 0) is 9.53 Å². The fourth-order valence-corrected chi connectivity index (χ4v) is 3.45. The number of anilines is 1. The molecular weight excluding hydrogens is 290 g/mol. The molecule has 0 bridgehead atoms. The summed E-state index contributed by atoms with van der Waals surface area (Å²) in [7, 11) is 0. The van der Waals surface area contributed by atoms with Gasteiger partial charge in [-0.3, -0.25) is 4.79 Å². The van der Waals surface area contributed by atoms with Crippen LogP contribution in [0.5, 0.6) is 0 Å². The Balaban J connectivity index is 1.45. The Hall–Kier alpha value is -1.62. The van der Waals surface area contributed by atoms with Crippen LogP contribution in [0, 0.1) is 5.41 Å². The first-order valence-corrected chi connectivity index (χ1v) is 8.72. The zero-order valence-corrected chi connectivity index (χ0v) is 13.9. The monoisotopic (exact) mass is 317 g/mol. The maximum atomic E-state index is 12.6. The van der Waals surface area contributed by atoms with E-state index in [1.807, 2.05) is 24.4 Å². The summed E-state index contributed by atoms with van der Waals surface area (Å²) in [5, 5.41) is 6.76. The summed E-state index contributed by atoms with van der Waals surface area (Å²) in [6.07, 6.45) is 7.67. The highest BCUT2D eigenvalue weighted by Crippen LogP contribution is 2.31. The van der Waals surface area contributed by atoms with Crippen LogP contribution in [-0.4, -0.2) is 36.2 Å². The highest BCUT2D eigenvalue weighted by molar-refractivity contribution is 5.82. The predicted octanol–water partition coefficient (Wildman–Crippen LogP) is 2.74. The number of nitrogens with zero attached hydrogens (tertiary/aromatic N) is 1. The molecule has 2 heterocycles. The molecule has 2 N–H and O–H groups in total. The van der Waals surface area contributed by atoms with Gasteiger partial charge in [0.1, 0.15) is 5.82 Å². The lowest BCUT2D eigenvalue weighted by Gasteiger charge is -2.36. The number of carbonyl (C=O) groups excluding carboxylic acids is 1. The van der Waals surface area contributed by atoms with Gasteiger partial charge in [-0.1, -0.05) is 13.0 Å². The molecular formula is C18H27N3O2. The summed E-state index contributed by atoms with van der Waals surface area (Å²) in [6.45, 7) is 3.47. The maximum Gasteiger partial charge on any atom is 0.226 e. The fraction of sp³-hybridized carbons (Fsp3) is 0.667. The number of ether oxygens (including phenoxy) is 1. The van der Waals surface area contributed by atoms with Crippen LogP contribution in [0.25, 0.3) is 0 Å². The lowest BCUT2D eigenvalue weighted by molar-refractivity contribution is -0.136. The number of carbonyl (C=O) groups is 1. The molecule has 1 aliphatic carbocycles. The first-order chi connectivity index (χ1) is 11.2. The molecule has 2 fully saturated rings. The molecule has 126 valence electrons. The highest BCUT2D eigenvalue weighted by atomic mass is 16.5. The second-order valence-corrected chi connectivity index (χ2v) is 7.05. The molecule has 0 atom stereocenters. The predicted molar refractivity (Wildman–Crippen MR) is 90.2 cm³/mol. The molecule has 1 aromatic heterocycles. The van der Waals surface area contributed by atoms with Gasteiger partial charge in [0.25, 0.3) is 0 Å². The first-order valence-electron chi connectivity index (χ1n) is 8.72. The van der Waals surface area contributed by atoms with Crippen molar-refractivity contribution in [1.82, 2.24) is 10.3 Å². The van der Waals surface area contributed by atoms with Crippen molar-refractivity contribution in [2.24, 2.45) is 5.41 Å². The van der Waals surface area contributed by atoms with Crippen molar-refractivity contribution in [2.45, 2.75) is 57.5 Å². The van der Waals surface area contributed by atoms with Crippen LogP contribution in [0.4, 0.5) is 5.82 Å². The first kappa shape index (κ1) is 16.2. The molecule has 5 heteroatoms. The summed E-state index contributed by atoms with van der Waals surface area (Å²) < 4.78 is 5.38. The average molecular weight is 317 g/mol. The van der Waals surface area contributed by atoms with Gasteiger partial charge in [-0.25, -0.2) is 4.98 Å². The van der Waals surface area contributed by atoms with Crippen molar-refractivity contribution in [3.05, 3.63) is 24.4 Å². The summed E-state index contributed by atoms with van der Waals surface area (Å²) in [6, 6.07) is 6.69. The molecule has 1 saturated heterocycles. The zero-order valence-electron chi connectivity index (χ0n) is 13.9. The molecule has 23 heavy (non-hydrogen) atoms. The summed E-state index contributed by atoms with van der Waals surface area (Å²) in [5.41, 5.74) is -0.249. The fourth-order valence-electron chi connectivity index (χ4n) is 3.45. The number of amides is 1. The smallest absolute Gasteiger partial charge is 0.226 e. The van der Waals surface area contributed by atoms with E-state index in [4.69, 9.17) is 4.74 Å². The Labute approximate surface area is 138 Å². The van der Waals surface area contributed by atoms with E-state index in [0.29, 0.717) is 25.3 Å². The molecule has 1 saturated carbocycles. The topological polar surface area (TPSA) is 63.2 Å². The number of rotatable bonds is 4. The molecule has 0 radical (unpaired) electrons. The van der Waals surface area contributed by atoms with Crippen molar-refractivity contribution in [2.75, 3.05) is 18.5 Å². The Morgan fingerprint density at radius 2 is 1.87 bits per heavy atom. The number of hydrogen-bond acceptors (Lipinski definition) is 4. The van der Waals surface area contributed by atoms with Gasteiger partial charge in [0.15, 0.2) is 0 Å². The molecule has 5 nitrogen and oxygen atoms in total. The second kappa shape index (κ2) is 7.30. The standard InChI is InChI=1S/C18H27N3O2/c1-18(9-12-23-13-10-18)17(22)21-15-7-5-14(6-8-15)20-16-4-2-3-11-19-16/h2-4,11,14-15H,5-10,12-13H2,1H3,(H,19,20)(H,21,22). The molecule has 3 rings (SSSR count). The van der Waals surface area contributed by atoms with Crippen molar-refractivity contribution in [3.8, 4) is 0 Å². The summed E-state index contributed by atoms with van der Waals surface area (Å²) in [5.74, 6) is 1.15. The van der Waals surface area contributed by atoms with Crippen LogP contribution < -0.4 is 10.6 Å². The van der Waals surface area contributed by atoms with Crippen molar-refractivity contribution in [3.63, 3.8) is 0 Å². The highest BCUT2D eigenvalue weighted by Gasteiger charge is 2.36. The minimum atomic E-state index is -0.249. The Bertz CT molecular complexity index is 506. The number of aromatic nitrogens is 1. The van der Waals surface area contributed by atoms with E-state index in [1.165, 1.54) is 0 Å². The van der Waals surface area contributed by atoms with Crippen LogP contribution in [0.15, 0.2) is 24.4 Å². The minimum Gasteiger partial charge on any atom is -0.381 e. The second-order valence-electron chi connectivity index (χ2n) is 7.05. The molecule has 0 spiro atoms. The van der Waals surface area contributed by atoms with Gasteiger partial charge in [-0.05, 0) is 50.7 Å². The molecule has 1 aromatic rings. The Morgan fingerprint density at radius 1 is 1.17 bits per heavy atom. The van der Waals surface area contributed by atoms with Gasteiger partial charge in [0.2, 0.25) is 5.91 Å². The van der Waals surface area contributed by atoms with Gasteiger partial charge in [-0.15, -0.1) is 0 Å². The third-order valence-electron chi connectivity index (χ3n) is 5.22. The number of nitrogens with one attached hydrogen (secondary N) is 2. The van der Waals surface area contributed by atoms with Gasteiger partial charge in [-0.2, -0.15) is 0 Å². The van der Waals surface area contributed by atoms with E-state index in [2.05, 4.69) is 22.5 Å². The van der Waals surface area contributed by atoms with Crippen LogP contribution >= 0.6 is 0 Å². The number of hydrogen-bond donors (Lipinski definition) is 2. The largest absolute Gasteiger partial charge is 0.381 e. The molecule has 1 amide bonds. The van der Waals surface area contributed by atoms with Crippen LogP contribution in [0.3, 0.4) is 0 Å². The van der Waals surface area contributed by atoms with Gasteiger partial charge < -0.3 is 15.4 Å². The van der Waals surface area contributed by atoms with E-state index in [9.17, 15) is 4.79 Å². The van der Waals surface area contributed by atoms with Crippen LogP contribution in [0.2, 0.25) is 0 Å². The van der Waals surface area contributed by atoms with E-state index in [0.717, 1.165) is 44.3 Å². The zero-order chi connectivity index (χ0) is 16.1. The Morgan fingerprint density at radius 3 is 2.52 bits per heavy atom. The van der Waals surface area contributed by atoms with Crippen molar-refractivity contribution >= 4 is 11.7 Å². The molecule has 0 unspecified atom stereocenters. The molecule has 2 aliphatic rings. The normalized spacial score (nSPS) is 27.2. The van der Waals surface area contributed by atoms with E-state index in [1.54, 1.807) is 0 Å². The van der Waals surface area contributed by atoms with E-state index < -0.39 is 0 Å². The Kier molecular flexibility index (Phi) is 5.16. The van der Waals surface area contributed by atoms with Gasteiger partial charge >= 0.3 is 0 Å². The third kappa shape index (κ3) is 4.22. The average Bonchev–Trinajstić information content (AvgIpc) is 2.58. The van der Waals surface area contributed by atoms with Gasteiger partial charge in [0.05, 0.1) is 5.41 Å². The minimum absolute atomic E-state index is 0.210. The van der Waals surface area contributed by atoms with Crippen molar-refractivity contribution < 1.29 is 9.53 Å². The number of pyridine rings is 1. The summed E-state index contributed by atoms with van der Waals surface area (Å²) >= 11 is 0. The van der Waals surface area contributed by atoms with Crippen molar-refractivity contribution in [1.29, 1.82) is 0 Å². The lowest BCUT2D eigenvalue weighted by Crippen LogP contribution is -2.48. The SMILES string of the molecule is CC1(C(=O)NC2CCC(Nc3ccccn3)CC2)CCOCC1. The lowest BCUT2D eigenvalue weighted by atomic mass is 9.80. The third-order valence-corrected chi connectivity index (χ3v) is 5.22. The van der Waals surface area contributed by atoms with Crippen LogP contribution in [0.1, 0.15) is 45.4 Å². The molecule has 0 aromatic carbocycles. The summed E-state index contributed by atoms with van der Waals surface area (Å²) in [4.78, 5) is 16.9. The van der Waals surface area contributed by atoms with Gasteiger partial charge in [0, 0.05) is 31.5 Å².